The van der Waals surface area contributed by atoms with E-state index in [0.717, 1.165) is 13.0 Å². The van der Waals surface area contributed by atoms with Crippen LogP contribution in [0.2, 0.25) is 0 Å². The molecule has 2 fully saturated rings. The van der Waals surface area contributed by atoms with E-state index in [1.807, 2.05) is 6.92 Å². The molecule has 0 aromatic carbocycles. The zero-order chi connectivity index (χ0) is 9.47. The predicted octanol–water partition coefficient (Wildman–Crippen LogP) is 0.314. The molecule has 0 saturated carbocycles. The third kappa shape index (κ3) is 1.72. The van der Waals surface area contributed by atoms with E-state index in [0.29, 0.717) is 19.4 Å². The molecule has 4 nitrogen and oxygen atoms in total. The molecule has 2 saturated heterocycles. The molecular formula is C9H13NO3. The average Bonchev–Trinajstić information content (AvgIpc) is 2.72. The molecule has 4 heteroatoms. The minimum Gasteiger partial charge on any atom is -0.370 e. The van der Waals surface area contributed by atoms with Gasteiger partial charge in [-0.2, -0.15) is 0 Å². The third-order valence-electron chi connectivity index (χ3n) is 2.66. The Kier molecular flexibility index (Phi) is 1.87. The van der Waals surface area contributed by atoms with Crippen LogP contribution in [0, 0.1) is 0 Å². The lowest BCUT2D eigenvalue weighted by Crippen LogP contribution is -2.32. The van der Waals surface area contributed by atoms with Gasteiger partial charge in [0.15, 0.2) is 0 Å². The highest BCUT2D eigenvalue weighted by Gasteiger charge is 2.40. The van der Waals surface area contributed by atoms with Crippen molar-refractivity contribution in [3.63, 3.8) is 0 Å². The van der Waals surface area contributed by atoms with Crippen LogP contribution in [0.5, 0.6) is 0 Å². The Morgan fingerprint density at radius 1 is 1.38 bits per heavy atom. The van der Waals surface area contributed by atoms with Gasteiger partial charge < -0.3 is 4.74 Å². The van der Waals surface area contributed by atoms with Gasteiger partial charge in [-0.1, -0.05) is 0 Å². The molecule has 2 amide bonds. The van der Waals surface area contributed by atoms with Gasteiger partial charge in [0.2, 0.25) is 11.8 Å². The van der Waals surface area contributed by atoms with Gasteiger partial charge in [0.1, 0.15) is 0 Å². The van der Waals surface area contributed by atoms with Crippen LogP contribution in [-0.4, -0.2) is 35.5 Å². The largest absolute Gasteiger partial charge is 0.370 e. The highest BCUT2D eigenvalue weighted by Crippen LogP contribution is 2.30. The summed E-state index contributed by atoms with van der Waals surface area (Å²) < 4.78 is 5.18. The molecule has 0 N–H and O–H groups in total. The van der Waals surface area contributed by atoms with E-state index < -0.39 is 0 Å². The highest BCUT2D eigenvalue weighted by molar-refractivity contribution is 6.01. The molecule has 0 radical (unpaired) electrons. The molecule has 1 unspecified atom stereocenters. The van der Waals surface area contributed by atoms with Gasteiger partial charge in [-0.25, -0.2) is 0 Å². The summed E-state index contributed by atoms with van der Waals surface area (Å²) >= 11 is 0. The average molecular weight is 183 g/mol. The molecule has 13 heavy (non-hydrogen) atoms. The van der Waals surface area contributed by atoms with Crippen LogP contribution in [0.25, 0.3) is 0 Å². The van der Waals surface area contributed by atoms with Gasteiger partial charge >= 0.3 is 0 Å². The van der Waals surface area contributed by atoms with Crippen LogP contribution < -0.4 is 0 Å². The number of likely N-dealkylation sites (tertiary alicyclic amines) is 1. The van der Waals surface area contributed by atoms with E-state index in [1.165, 1.54) is 4.90 Å². The molecule has 0 aromatic heterocycles. The Morgan fingerprint density at radius 2 is 1.92 bits per heavy atom. The number of nitrogens with zero attached hydrogens (tertiary/aromatic N) is 1. The van der Waals surface area contributed by atoms with Crippen molar-refractivity contribution >= 4 is 11.8 Å². The van der Waals surface area contributed by atoms with Crippen molar-refractivity contribution < 1.29 is 14.3 Å². The van der Waals surface area contributed by atoms with Crippen molar-refractivity contribution in [3.05, 3.63) is 0 Å². The Balaban J connectivity index is 1.86. The molecule has 0 aliphatic carbocycles. The summed E-state index contributed by atoms with van der Waals surface area (Å²) in [5.74, 6) is -0.0662. The molecular weight excluding hydrogens is 170 g/mol. The van der Waals surface area contributed by atoms with E-state index in [-0.39, 0.29) is 17.4 Å². The topological polar surface area (TPSA) is 49.9 Å². The number of ether oxygens (including phenoxy) is 1. The second-order valence-corrected chi connectivity index (χ2v) is 3.93. The van der Waals surface area contributed by atoms with Crippen LogP contribution in [0.1, 0.15) is 26.2 Å². The minimum atomic E-state index is -0.0663. The van der Waals surface area contributed by atoms with E-state index in [9.17, 15) is 9.59 Å². The van der Waals surface area contributed by atoms with Gasteiger partial charge in [0.25, 0.3) is 0 Å². The van der Waals surface area contributed by atoms with Crippen molar-refractivity contribution in [1.82, 2.24) is 4.90 Å². The zero-order valence-electron chi connectivity index (χ0n) is 7.71. The van der Waals surface area contributed by atoms with E-state index >= 15 is 0 Å². The second kappa shape index (κ2) is 2.80. The summed E-state index contributed by atoms with van der Waals surface area (Å²) in [6.45, 7) is 3.27. The van der Waals surface area contributed by atoms with Crippen molar-refractivity contribution in [2.45, 2.75) is 31.8 Å². The fourth-order valence-corrected chi connectivity index (χ4v) is 1.49. The molecule has 72 valence electrons. The van der Waals surface area contributed by atoms with E-state index in [1.54, 1.807) is 0 Å². The second-order valence-electron chi connectivity index (χ2n) is 3.93. The summed E-state index contributed by atoms with van der Waals surface area (Å²) in [5.41, 5.74) is -0.0663. The summed E-state index contributed by atoms with van der Waals surface area (Å²) in [6, 6.07) is 0. The van der Waals surface area contributed by atoms with Crippen LogP contribution >= 0.6 is 0 Å². The van der Waals surface area contributed by atoms with Gasteiger partial charge in [0.05, 0.1) is 12.2 Å². The first kappa shape index (κ1) is 8.69. The smallest absolute Gasteiger partial charge is 0.229 e. The van der Waals surface area contributed by atoms with Crippen molar-refractivity contribution in [2.24, 2.45) is 0 Å². The molecule has 1 atom stereocenters. The number of amides is 2. The molecule has 0 spiro atoms. The monoisotopic (exact) mass is 183 g/mol. The number of hydrogen-bond acceptors (Lipinski definition) is 3. The van der Waals surface area contributed by atoms with Crippen molar-refractivity contribution in [1.29, 1.82) is 0 Å². The first-order valence-electron chi connectivity index (χ1n) is 4.58. The Labute approximate surface area is 76.8 Å². The predicted molar refractivity (Wildman–Crippen MR) is 44.9 cm³/mol. The number of epoxide rings is 1. The fraction of sp³-hybridized carbons (Fsp3) is 0.778. The lowest BCUT2D eigenvalue weighted by Gasteiger charge is -2.14. The molecule has 2 aliphatic rings. The Morgan fingerprint density at radius 3 is 2.38 bits per heavy atom. The van der Waals surface area contributed by atoms with Crippen LogP contribution in [-0.2, 0) is 14.3 Å². The number of imide groups is 1. The van der Waals surface area contributed by atoms with Crippen LogP contribution in [0.4, 0.5) is 0 Å². The molecule has 0 aromatic rings. The Hall–Kier alpha value is -0.900. The summed E-state index contributed by atoms with van der Waals surface area (Å²) in [5, 5.41) is 0. The fourth-order valence-electron chi connectivity index (χ4n) is 1.49. The van der Waals surface area contributed by atoms with Crippen LogP contribution in [0.3, 0.4) is 0 Å². The normalized spacial score (nSPS) is 32.8. The van der Waals surface area contributed by atoms with Crippen molar-refractivity contribution in [2.75, 3.05) is 13.2 Å². The molecule has 2 aliphatic heterocycles. The number of rotatable bonds is 3. The van der Waals surface area contributed by atoms with Crippen LogP contribution in [0.15, 0.2) is 0 Å². The van der Waals surface area contributed by atoms with E-state index in [2.05, 4.69) is 0 Å². The zero-order valence-corrected chi connectivity index (χ0v) is 7.71. The number of carbonyl (C=O) groups excluding carboxylic acids is 2. The highest BCUT2D eigenvalue weighted by atomic mass is 16.6. The molecule has 2 rings (SSSR count). The van der Waals surface area contributed by atoms with E-state index in [4.69, 9.17) is 4.74 Å². The number of carbonyl (C=O) groups is 2. The number of hydrogen-bond donors (Lipinski definition) is 0. The van der Waals surface area contributed by atoms with Gasteiger partial charge in [-0.3, -0.25) is 14.5 Å². The van der Waals surface area contributed by atoms with Crippen molar-refractivity contribution in [3.8, 4) is 0 Å². The summed E-state index contributed by atoms with van der Waals surface area (Å²) in [6.07, 6.45) is 1.54. The lowest BCUT2D eigenvalue weighted by molar-refractivity contribution is -0.138. The molecule has 0 bridgehead atoms. The first-order valence-corrected chi connectivity index (χ1v) is 4.58. The first-order chi connectivity index (χ1) is 6.11. The maximum absolute atomic E-state index is 11.2. The quantitative estimate of drug-likeness (QED) is 0.467. The Bertz CT molecular complexity index is 242. The van der Waals surface area contributed by atoms with Gasteiger partial charge in [-0.05, 0) is 13.3 Å². The lowest BCUT2D eigenvalue weighted by atomic mass is 10.1. The maximum atomic E-state index is 11.2. The van der Waals surface area contributed by atoms with Gasteiger partial charge in [-0.15, -0.1) is 0 Å². The summed E-state index contributed by atoms with van der Waals surface area (Å²) in [7, 11) is 0. The summed E-state index contributed by atoms with van der Waals surface area (Å²) in [4.78, 5) is 23.7. The van der Waals surface area contributed by atoms with Gasteiger partial charge in [0, 0.05) is 19.4 Å². The maximum Gasteiger partial charge on any atom is 0.229 e. The minimum absolute atomic E-state index is 0.0331. The standard InChI is InChI=1S/C9H13NO3/c1-9(6-13-9)4-5-10-7(11)2-3-8(10)12/h2-6H2,1H3. The molecule has 2 heterocycles. The third-order valence-corrected chi connectivity index (χ3v) is 2.66. The SMILES string of the molecule is CC1(CCN2C(=O)CCC2=O)CO1.